The van der Waals surface area contributed by atoms with Crippen molar-refractivity contribution >= 4 is 86.7 Å². The monoisotopic (exact) mass is 1440 g/mol. The van der Waals surface area contributed by atoms with Crippen molar-refractivity contribution in [3.63, 3.8) is 0 Å². The Labute approximate surface area is 659 Å². The van der Waals surface area contributed by atoms with Crippen LogP contribution in [0.25, 0.3) is 198 Å². The van der Waals surface area contributed by atoms with Crippen LogP contribution in [0.1, 0.15) is 31.9 Å². The van der Waals surface area contributed by atoms with Gasteiger partial charge in [0.1, 0.15) is 0 Å². The zero-order valence-electron chi connectivity index (χ0n) is 63.7. The molecule has 2 nitrogen and oxygen atoms in total. The minimum atomic E-state index is 0.119. The third-order valence-electron chi connectivity index (χ3n) is 23.3. The standard InChI is InChI=1S/C57H39N.C54H41N/c1-38-12-11-15-47(36-38)58-54-21-10-9-16-48(54)53-37-46(34-35-55(53)58)43-28-32-45(33-29-43)57-51-19-7-5-17-49(51)56(50-18-6-8-20-52(50)57)44-30-26-42(27-31-44)41-24-22-40(23-25-41)39-13-3-2-4-14-39;1-54(2,3)42-30-32-43(33-31-42)55-50-20-12-11-15-44(50)49-35-41(29-34-51(49)55)38-23-21-36(22-24-38)37-25-27-40(28-26-37)53-47-18-9-7-16-45(47)52(39-13-5-4-6-14-39)46-17-8-10-19-48(46)53/h2-37H,1H3;4-35H,1-3H3. The fourth-order valence-electron chi connectivity index (χ4n) is 17.7. The lowest BCUT2D eigenvalue weighted by Crippen LogP contribution is -2.10. The van der Waals surface area contributed by atoms with Gasteiger partial charge in [0.15, 0.2) is 0 Å². The van der Waals surface area contributed by atoms with Crippen molar-refractivity contribution in [2.75, 3.05) is 0 Å². The molecular weight excluding hydrogens is 1360 g/mol. The van der Waals surface area contributed by atoms with E-state index in [-0.39, 0.29) is 5.41 Å². The van der Waals surface area contributed by atoms with E-state index in [0.717, 1.165) is 0 Å². The van der Waals surface area contributed by atoms with Gasteiger partial charge >= 0.3 is 0 Å². The Bertz CT molecular complexity index is 7070. The number of aromatic nitrogens is 2. The molecule has 534 valence electrons. The number of benzene rings is 19. The Kier molecular flexibility index (Phi) is 17.1. The van der Waals surface area contributed by atoms with Gasteiger partial charge in [-0.05, 0) is 227 Å². The molecule has 21 aromatic rings. The van der Waals surface area contributed by atoms with Gasteiger partial charge in [-0.2, -0.15) is 0 Å². The van der Waals surface area contributed by atoms with Gasteiger partial charge < -0.3 is 9.13 Å². The first kappa shape index (κ1) is 68.1. The summed E-state index contributed by atoms with van der Waals surface area (Å²) in [5.74, 6) is 0. The largest absolute Gasteiger partial charge is 0.309 e. The van der Waals surface area contributed by atoms with Crippen LogP contribution in [-0.2, 0) is 5.41 Å². The van der Waals surface area contributed by atoms with Crippen LogP contribution in [0.2, 0.25) is 0 Å². The summed E-state index contributed by atoms with van der Waals surface area (Å²) >= 11 is 0. The van der Waals surface area contributed by atoms with Crippen molar-refractivity contribution in [3.8, 4) is 112 Å². The second-order valence-electron chi connectivity index (χ2n) is 31.1. The van der Waals surface area contributed by atoms with Crippen LogP contribution in [0.15, 0.2) is 413 Å². The normalized spacial score (nSPS) is 11.7. The van der Waals surface area contributed by atoms with Gasteiger partial charge in [0.05, 0.1) is 22.1 Å². The molecule has 0 spiro atoms. The summed E-state index contributed by atoms with van der Waals surface area (Å²) in [6, 6.07) is 151. The van der Waals surface area contributed by atoms with E-state index in [1.54, 1.807) is 0 Å². The fourth-order valence-corrected chi connectivity index (χ4v) is 17.7. The summed E-state index contributed by atoms with van der Waals surface area (Å²) in [4.78, 5) is 0. The maximum absolute atomic E-state index is 2.40. The smallest absolute Gasteiger partial charge is 0.0541 e. The average Bonchev–Trinajstić information content (AvgIpc) is 1.36. The predicted octanol–water partition coefficient (Wildman–Crippen LogP) is 30.8. The molecular formula is C111H80N2. The quantitative estimate of drug-likeness (QED) is 0.114. The Morgan fingerprint density at radius 2 is 0.416 bits per heavy atom. The lowest BCUT2D eigenvalue weighted by molar-refractivity contribution is 0.590. The number of hydrogen-bond donors (Lipinski definition) is 0. The summed E-state index contributed by atoms with van der Waals surface area (Å²) < 4.78 is 4.79. The highest BCUT2D eigenvalue weighted by molar-refractivity contribution is 6.23. The van der Waals surface area contributed by atoms with Crippen LogP contribution in [0.3, 0.4) is 0 Å². The third-order valence-corrected chi connectivity index (χ3v) is 23.3. The molecule has 0 radical (unpaired) electrons. The van der Waals surface area contributed by atoms with Gasteiger partial charge in [-0.1, -0.05) is 373 Å². The summed E-state index contributed by atoms with van der Waals surface area (Å²) in [5, 5.41) is 15.2. The third kappa shape index (κ3) is 12.3. The number of aryl methyl sites for hydroxylation is 1. The fraction of sp³-hybridized carbons (Fsp3) is 0.0450. The van der Waals surface area contributed by atoms with E-state index in [0.29, 0.717) is 0 Å². The minimum Gasteiger partial charge on any atom is -0.309 e. The van der Waals surface area contributed by atoms with Gasteiger partial charge in [-0.15, -0.1) is 0 Å². The van der Waals surface area contributed by atoms with Crippen molar-refractivity contribution in [2.24, 2.45) is 0 Å². The number of nitrogens with zero attached hydrogens (tertiary/aromatic N) is 2. The average molecular weight is 1440 g/mol. The van der Waals surface area contributed by atoms with E-state index in [4.69, 9.17) is 0 Å². The molecule has 0 fully saturated rings. The molecule has 0 saturated heterocycles. The molecule has 0 N–H and O–H groups in total. The van der Waals surface area contributed by atoms with Crippen LogP contribution < -0.4 is 0 Å². The predicted molar refractivity (Wildman–Crippen MR) is 484 cm³/mol. The van der Waals surface area contributed by atoms with E-state index in [1.807, 2.05) is 0 Å². The SMILES string of the molecule is CC(C)(C)c1ccc(-n2c3ccccc3c3cc(-c4ccc(-c5ccc(-c6c7ccccc7c(-c7ccccc7)c7ccccc67)cc5)cc4)ccc32)cc1.Cc1cccc(-n2c3ccccc3c3cc(-c4ccc(-c5c6ccccc6c(-c6ccc(-c7ccc(-c8ccccc8)cc7)cc6)c6ccccc56)cc4)ccc32)c1. The van der Waals surface area contributed by atoms with Crippen molar-refractivity contribution in [2.45, 2.75) is 33.1 Å². The van der Waals surface area contributed by atoms with Crippen LogP contribution in [0, 0.1) is 6.92 Å². The first-order valence-corrected chi connectivity index (χ1v) is 39.4. The molecule has 2 aromatic heterocycles. The number of para-hydroxylation sites is 2. The molecule has 0 amide bonds. The van der Waals surface area contributed by atoms with Gasteiger partial charge in [-0.25, -0.2) is 0 Å². The van der Waals surface area contributed by atoms with Gasteiger partial charge in [-0.3, -0.25) is 0 Å². The molecule has 0 bridgehead atoms. The highest BCUT2D eigenvalue weighted by Crippen LogP contribution is 2.48. The van der Waals surface area contributed by atoms with E-state index in [2.05, 4.69) is 449 Å². The van der Waals surface area contributed by atoms with Crippen molar-refractivity contribution in [1.29, 1.82) is 0 Å². The molecule has 19 aromatic carbocycles. The van der Waals surface area contributed by atoms with Gasteiger partial charge in [0.2, 0.25) is 0 Å². The second kappa shape index (κ2) is 28.4. The molecule has 21 rings (SSSR count). The molecule has 0 saturated carbocycles. The minimum absolute atomic E-state index is 0.119. The Morgan fingerprint density at radius 1 is 0.168 bits per heavy atom. The zero-order chi connectivity index (χ0) is 75.7. The number of hydrogen-bond acceptors (Lipinski definition) is 0. The molecule has 0 aliphatic carbocycles. The first-order chi connectivity index (χ1) is 55.6. The number of rotatable bonds is 11. The lowest BCUT2D eigenvalue weighted by Gasteiger charge is -2.19. The molecule has 0 unspecified atom stereocenters. The molecule has 0 aliphatic heterocycles. The lowest BCUT2D eigenvalue weighted by atomic mass is 9.85. The molecule has 113 heavy (non-hydrogen) atoms. The van der Waals surface area contributed by atoms with Crippen LogP contribution in [0.4, 0.5) is 0 Å². The second-order valence-corrected chi connectivity index (χ2v) is 31.1. The highest BCUT2D eigenvalue weighted by Gasteiger charge is 2.22. The zero-order valence-corrected chi connectivity index (χ0v) is 63.7. The maximum Gasteiger partial charge on any atom is 0.0541 e. The highest BCUT2D eigenvalue weighted by atomic mass is 15.0. The summed E-state index contributed by atoms with van der Waals surface area (Å²) in [6.07, 6.45) is 0. The van der Waals surface area contributed by atoms with Gasteiger partial charge in [0, 0.05) is 32.9 Å². The van der Waals surface area contributed by atoms with E-state index >= 15 is 0 Å². The summed E-state index contributed by atoms with van der Waals surface area (Å²) in [7, 11) is 0. The Hall–Kier alpha value is -14.2. The van der Waals surface area contributed by atoms with Crippen LogP contribution >= 0.6 is 0 Å². The summed E-state index contributed by atoms with van der Waals surface area (Å²) in [5.41, 5.74) is 32.2. The first-order valence-electron chi connectivity index (χ1n) is 39.4. The van der Waals surface area contributed by atoms with E-state index < -0.39 is 0 Å². The Balaban J connectivity index is 0.000000147. The summed E-state index contributed by atoms with van der Waals surface area (Å²) in [6.45, 7) is 8.96. The number of fused-ring (bicyclic) bond motifs is 10. The van der Waals surface area contributed by atoms with Crippen molar-refractivity contribution in [1.82, 2.24) is 9.13 Å². The molecule has 0 aliphatic rings. The van der Waals surface area contributed by atoms with E-state index in [9.17, 15) is 0 Å². The maximum atomic E-state index is 2.40. The molecule has 0 atom stereocenters. The van der Waals surface area contributed by atoms with E-state index in [1.165, 1.54) is 209 Å². The van der Waals surface area contributed by atoms with Crippen LogP contribution in [0.5, 0.6) is 0 Å². The molecule has 2 heterocycles. The van der Waals surface area contributed by atoms with Crippen molar-refractivity contribution in [3.05, 3.63) is 424 Å². The Morgan fingerprint density at radius 3 is 0.743 bits per heavy atom. The van der Waals surface area contributed by atoms with Crippen LogP contribution in [-0.4, -0.2) is 9.13 Å². The molecule has 2 heteroatoms. The van der Waals surface area contributed by atoms with Gasteiger partial charge in [0.25, 0.3) is 0 Å². The topological polar surface area (TPSA) is 9.86 Å². The van der Waals surface area contributed by atoms with Crippen molar-refractivity contribution < 1.29 is 0 Å².